The summed E-state index contributed by atoms with van der Waals surface area (Å²) in [6.07, 6.45) is 2.73. The first-order valence-electron chi connectivity index (χ1n) is 7.03. The van der Waals surface area contributed by atoms with Crippen molar-refractivity contribution in [2.45, 2.75) is 40.7 Å². The Bertz CT molecular complexity index is 766. The quantitative estimate of drug-likeness (QED) is 0.795. The Hall–Kier alpha value is -2.17. The van der Waals surface area contributed by atoms with Gasteiger partial charge in [0.15, 0.2) is 0 Å². The predicted octanol–water partition coefficient (Wildman–Crippen LogP) is 3.02. The van der Waals surface area contributed by atoms with E-state index in [0.717, 1.165) is 46.9 Å². The molecule has 5 nitrogen and oxygen atoms in total. The fraction of sp³-hybridized carbons (Fsp3) is 0.400. The maximum Gasteiger partial charge on any atom is 0.110 e. The molecule has 3 aromatic rings. The van der Waals surface area contributed by atoms with Crippen LogP contribution < -0.4 is 0 Å². The van der Waals surface area contributed by atoms with Crippen LogP contribution in [0.1, 0.15) is 30.9 Å². The van der Waals surface area contributed by atoms with Gasteiger partial charge in [-0.1, -0.05) is 6.92 Å². The van der Waals surface area contributed by atoms with E-state index in [1.165, 1.54) is 5.56 Å². The van der Waals surface area contributed by atoms with Crippen molar-refractivity contribution in [1.82, 2.24) is 24.7 Å². The number of aryl methyl sites for hydroxylation is 4. The van der Waals surface area contributed by atoms with Crippen molar-refractivity contribution >= 4 is 11.0 Å². The summed E-state index contributed by atoms with van der Waals surface area (Å²) in [6, 6.07) is 2.10. The van der Waals surface area contributed by atoms with Gasteiger partial charge in [0.25, 0.3) is 0 Å². The second-order valence-corrected chi connectivity index (χ2v) is 5.03. The SMILES string of the molecule is CCc1nc(-c2cc(C)c3c(cnn3CC)n2)c(C)[nH]1. The number of hydrogen-bond acceptors (Lipinski definition) is 3. The standard InChI is InChI=1S/C15H19N5/c1-5-13-17-10(4)14(19-13)11-7-9(3)15-12(18-11)8-16-20(15)6-2/h7-8H,5-6H2,1-4H3,(H,17,19). The molecule has 0 spiro atoms. The van der Waals surface area contributed by atoms with Gasteiger partial charge in [0.05, 0.1) is 17.4 Å². The highest BCUT2D eigenvalue weighted by atomic mass is 15.3. The molecule has 104 valence electrons. The van der Waals surface area contributed by atoms with Crippen LogP contribution in [0.25, 0.3) is 22.4 Å². The van der Waals surface area contributed by atoms with Crippen LogP contribution >= 0.6 is 0 Å². The van der Waals surface area contributed by atoms with Crippen molar-refractivity contribution in [3.63, 3.8) is 0 Å². The molecule has 0 fully saturated rings. The van der Waals surface area contributed by atoms with Crippen LogP contribution in [0.15, 0.2) is 12.3 Å². The number of hydrogen-bond donors (Lipinski definition) is 1. The third kappa shape index (κ3) is 1.90. The topological polar surface area (TPSA) is 59.4 Å². The Kier molecular flexibility index (Phi) is 3.04. The smallest absolute Gasteiger partial charge is 0.110 e. The first-order chi connectivity index (χ1) is 9.63. The van der Waals surface area contributed by atoms with Crippen molar-refractivity contribution in [2.75, 3.05) is 0 Å². The third-order valence-electron chi connectivity index (χ3n) is 3.60. The van der Waals surface area contributed by atoms with E-state index >= 15 is 0 Å². The summed E-state index contributed by atoms with van der Waals surface area (Å²) < 4.78 is 1.98. The Balaban J connectivity index is 2.19. The maximum atomic E-state index is 4.72. The molecule has 3 aromatic heterocycles. The van der Waals surface area contributed by atoms with Crippen LogP contribution in [0.3, 0.4) is 0 Å². The molecular weight excluding hydrogens is 250 g/mol. The van der Waals surface area contributed by atoms with Gasteiger partial charge in [-0.15, -0.1) is 0 Å². The number of aromatic nitrogens is 5. The number of aromatic amines is 1. The zero-order chi connectivity index (χ0) is 14.3. The fourth-order valence-electron chi connectivity index (χ4n) is 2.60. The molecule has 0 radical (unpaired) electrons. The molecule has 0 saturated heterocycles. The van der Waals surface area contributed by atoms with E-state index in [1.54, 1.807) is 0 Å². The number of pyridine rings is 1. The third-order valence-corrected chi connectivity index (χ3v) is 3.60. The molecule has 5 heteroatoms. The molecule has 0 aliphatic heterocycles. The van der Waals surface area contributed by atoms with Gasteiger partial charge in [-0.2, -0.15) is 5.10 Å². The molecule has 20 heavy (non-hydrogen) atoms. The van der Waals surface area contributed by atoms with Crippen LogP contribution in [0.4, 0.5) is 0 Å². The first-order valence-corrected chi connectivity index (χ1v) is 7.03. The number of H-pyrrole nitrogens is 1. The monoisotopic (exact) mass is 269 g/mol. The van der Waals surface area contributed by atoms with E-state index in [9.17, 15) is 0 Å². The summed E-state index contributed by atoms with van der Waals surface area (Å²) in [4.78, 5) is 12.7. The second kappa shape index (κ2) is 4.74. The van der Waals surface area contributed by atoms with Crippen molar-refractivity contribution < 1.29 is 0 Å². The lowest BCUT2D eigenvalue weighted by atomic mass is 10.1. The number of imidazole rings is 1. The molecule has 1 N–H and O–H groups in total. The molecule has 0 atom stereocenters. The summed E-state index contributed by atoms with van der Waals surface area (Å²) in [6.45, 7) is 9.18. The maximum absolute atomic E-state index is 4.72. The summed E-state index contributed by atoms with van der Waals surface area (Å²) in [5.41, 5.74) is 6.15. The van der Waals surface area contributed by atoms with Crippen LogP contribution in [0.5, 0.6) is 0 Å². The van der Waals surface area contributed by atoms with Gasteiger partial charge in [0, 0.05) is 18.7 Å². The van der Waals surface area contributed by atoms with Gasteiger partial charge >= 0.3 is 0 Å². The van der Waals surface area contributed by atoms with Crippen LogP contribution in [-0.2, 0) is 13.0 Å². The lowest BCUT2D eigenvalue weighted by molar-refractivity contribution is 0.682. The van der Waals surface area contributed by atoms with E-state index in [-0.39, 0.29) is 0 Å². The largest absolute Gasteiger partial charge is 0.346 e. The predicted molar refractivity (Wildman–Crippen MR) is 79.6 cm³/mol. The zero-order valence-electron chi connectivity index (χ0n) is 12.4. The number of nitrogens with one attached hydrogen (secondary N) is 1. The van der Waals surface area contributed by atoms with E-state index < -0.39 is 0 Å². The van der Waals surface area contributed by atoms with Crippen LogP contribution in [0.2, 0.25) is 0 Å². The van der Waals surface area contributed by atoms with Crippen molar-refractivity contribution in [3.8, 4) is 11.4 Å². The number of nitrogens with zero attached hydrogens (tertiary/aromatic N) is 4. The summed E-state index contributed by atoms with van der Waals surface area (Å²) in [5, 5.41) is 4.38. The van der Waals surface area contributed by atoms with Gasteiger partial charge in [-0.05, 0) is 32.4 Å². The molecule has 3 heterocycles. The fourth-order valence-corrected chi connectivity index (χ4v) is 2.60. The summed E-state index contributed by atoms with van der Waals surface area (Å²) >= 11 is 0. The molecule has 0 aromatic carbocycles. The lowest BCUT2D eigenvalue weighted by Crippen LogP contribution is -1.98. The lowest BCUT2D eigenvalue weighted by Gasteiger charge is -2.04. The van der Waals surface area contributed by atoms with E-state index in [0.29, 0.717) is 0 Å². The van der Waals surface area contributed by atoms with Crippen molar-refractivity contribution in [1.29, 1.82) is 0 Å². The van der Waals surface area contributed by atoms with Gasteiger partial charge in [-0.3, -0.25) is 4.68 Å². The normalized spacial score (nSPS) is 11.4. The molecule has 0 unspecified atom stereocenters. The van der Waals surface area contributed by atoms with E-state index in [1.807, 2.05) is 17.8 Å². The number of fused-ring (bicyclic) bond motifs is 1. The Morgan fingerprint density at radius 3 is 2.65 bits per heavy atom. The van der Waals surface area contributed by atoms with Gasteiger partial charge in [0.2, 0.25) is 0 Å². The van der Waals surface area contributed by atoms with E-state index in [4.69, 9.17) is 4.98 Å². The highest BCUT2D eigenvalue weighted by Crippen LogP contribution is 2.25. The minimum atomic E-state index is 0.854. The second-order valence-electron chi connectivity index (χ2n) is 5.03. The highest BCUT2D eigenvalue weighted by Gasteiger charge is 2.13. The molecule has 0 saturated carbocycles. The minimum Gasteiger partial charge on any atom is -0.346 e. The van der Waals surface area contributed by atoms with Crippen molar-refractivity contribution in [2.24, 2.45) is 0 Å². The Morgan fingerprint density at radius 1 is 1.20 bits per heavy atom. The highest BCUT2D eigenvalue weighted by molar-refractivity contribution is 5.81. The Labute approximate surface area is 118 Å². The molecule has 3 rings (SSSR count). The van der Waals surface area contributed by atoms with Crippen LogP contribution in [0, 0.1) is 13.8 Å². The average Bonchev–Trinajstić information content (AvgIpc) is 3.01. The van der Waals surface area contributed by atoms with Gasteiger partial charge < -0.3 is 4.98 Å². The van der Waals surface area contributed by atoms with Crippen molar-refractivity contribution in [3.05, 3.63) is 29.3 Å². The minimum absolute atomic E-state index is 0.854. The molecule has 0 amide bonds. The first kappa shape index (κ1) is 12.8. The molecule has 0 aliphatic carbocycles. The summed E-state index contributed by atoms with van der Waals surface area (Å²) in [7, 11) is 0. The molecule has 0 bridgehead atoms. The van der Waals surface area contributed by atoms with Crippen LogP contribution in [-0.4, -0.2) is 24.7 Å². The Morgan fingerprint density at radius 2 is 2.00 bits per heavy atom. The summed E-state index contributed by atoms with van der Waals surface area (Å²) in [5.74, 6) is 1.00. The van der Waals surface area contributed by atoms with E-state index in [2.05, 4.69) is 41.9 Å². The zero-order valence-corrected chi connectivity index (χ0v) is 12.4. The molecular formula is C15H19N5. The number of rotatable bonds is 3. The van der Waals surface area contributed by atoms with Gasteiger partial charge in [-0.25, -0.2) is 9.97 Å². The average molecular weight is 269 g/mol. The molecule has 0 aliphatic rings. The van der Waals surface area contributed by atoms with Gasteiger partial charge in [0.1, 0.15) is 17.0 Å².